The van der Waals surface area contributed by atoms with E-state index in [9.17, 15) is 4.79 Å². The molecule has 1 aromatic rings. The van der Waals surface area contributed by atoms with Crippen molar-refractivity contribution >= 4 is 11.5 Å². The summed E-state index contributed by atoms with van der Waals surface area (Å²) in [5.74, 6) is -0.419. The molecule has 0 bridgehead atoms. The fraction of sp³-hybridized carbons (Fsp3) is 0.357. The van der Waals surface area contributed by atoms with E-state index in [0.29, 0.717) is 5.56 Å². The van der Waals surface area contributed by atoms with Crippen molar-refractivity contribution in [1.82, 2.24) is 0 Å². The molecule has 1 N–H and O–H groups in total. The highest BCUT2D eigenvalue weighted by Gasteiger charge is 2.05. The lowest BCUT2D eigenvalue weighted by atomic mass is 10.1. The summed E-state index contributed by atoms with van der Waals surface area (Å²) in [6, 6.07) is 7.00. The van der Waals surface area contributed by atoms with Crippen molar-refractivity contribution in [1.29, 1.82) is 0 Å². The number of carbonyl (C=O) groups is 1. The van der Waals surface area contributed by atoms with Crippen LogP contribution in [-0.2, 0) is 4.74 Å². The van der Waals surface area contributed by atoms with E-state index < -0.39 is 5.97 Å². The molecule has 1 rings (SSSR count). The van der Waals surface area contributed by atoms with Gasteiger partial charge in [0.2, 0.25) is 0 Å². The Morgan fingerprint density at radius 3 is 2.12 bits per heavy atom. The monoisotopic (exact) mass is 236 g/mol. The van der Waals surface area contributed by atoms with Crippen molar-refractivity contribution < 1.29 is 14.6 Å². The van der Waals surface area contributed by atoms with E-state index in [-0.39, 0.29) is 13.2 Å². The van der Waals surface area contributed by atoms with Crippen molar-refractivity contribution in [3.63, 3.8) is 0 Å². The van der Waals surface area contributed by atoms with Crippen LogP contribution in [-0.4, -0.2) is 24.3 Å². The first kappa shape index (κ1) is 15.4. The number of carbonyl (C=O) groups excluding carboxylic acids is 1. The first-order valence-corrected chi connectivity index (χ1v) is 5.69. The molecule has 0 unspecified atom stereocenters. The Morgan fingerprint density at radius 2 is 1.71 bits per heavy atom. The van der Waals surface area contributed by atoms with Crippen LogP contribution in [0.3, 0.4) is 0 Å². The summed E-state index contributed by atoms with van der Waals surface area (Å²) in [6.07, 6.45) is 0. The minimum atomic E-state index is -0.419. The lowest BCUT2D eigenvalue weighted by molar-refractivity contribution is 0.0434. The van der Waals surface area contributed by atoms with E-state index in [1.165, 1.54) is 0 Å². The highest BCUT2D eigenvalue weighted by Crippen LogP contribution is 2.12. The smallest absolute Gasteiger partial charge is 0.338 e. The predicted molar refractivity (Wildman–Crippen MR) is 69.9 cm³/mol. The number of hydrogen-bond donors (Lipinski definition) is 1. The normalized spacial score (nSPS) is 8.94. The largest absolute Gasteiger partial charge is 0.460 e. The Kier molecular flexibility index (Phi) is 7.72. The molecule has 0 fully saturated rings. The summed E-state index contributed by atoms with van der Waals surface area (Å²) < 4.78 is 4.77. The van der Waals surface area contributed by atoms with Crippen LogP contribution in [0.1, 0.15) is 36.7 Å². The molecule has 17 heavy (non-hydrogen) atoms. The third-order valence-electron chi connectivity index (χ3n) is 1.94. The van der Waals surface area contributed by atoms with Gasteiger partial charge in [-0.2, -0.15) is 0 Å². The second-order valence-corrected chi connectivity index (χ2v) is 3.22. The molecule has 0 amide bonds. The molecule has 3 heteroatoms. The highest BCUT2D eigenvalue weighted by molar-refractivity contribution is 5.89. The number of ether oxygens (including phenoxy) is 1. The predicted octanol–water partition coefficient (Wildman–Crippen LogP) is 2.90. The van der Waals surface area contributed by atoms with Crippen molar-refractivity contribution in [2.24, 2.45) is 0 Å². The SMILES string of the molecule is C=C(C)c1ccc(C(=O)OCCO)cc1.CC. The van der Waals surface area contributed by atoms with Gasteiger partial charge in [0.15, 0.2) is 0 Å². The topological polar surface area (TPSA) is 46.5 Å². The Bertz CT molecular complexity index is 352. The zero-order valence-electron chi connectivity index (χ0n) is 10.7. The van der Waals surface area contributed by atoms with Gasteiger partial charge in [0.1, 0.15) is 6.61 Å². The van der Waals surface area contributed by atoms with Crippen LogP contribution in [0, 0.1) is 0 Å². The minimum absolute atomic E-state index is 0.0288. The first-order valence-electron chi connectivity index (χ1n) is 5.69. The molecule has 0 atom stereocenters. The molecule has 1 aromatic carbocycles. The number of aliphatic hydroxyl groups excluding tert-OH is 1. The molecule has 0 saturated heterocycles. The van der Waals surface area contributed by atoms with Gasteiger partial charge in [-0.1, -0.05) is 38.1 Å². The van der Waals surface area contributed by atoms with Gasteiger partial charge in [-0.05, 0) is 24.6 Å². The standard InChI is InChI=1S/C12H14O3.C2H6/c1-9(2)10-3-5-11(6-4-10)12(14)15-8-7-13;1-2/h3-6,13H,1,7-8H2,2H3;1-2H3. The Morgan fingerprint density at radius 1 is 1.24 bits per heavy atom. The zero-order valence-corrected chi connectivity index (χ0v) is 10.7. The van der Waals surface area contributed by atoms with Crippen LogP contribution >= 0.6 is 0 Å². The molecule has 0 aliphatic rings. The third kappa shape index (κ3) is 5.31. The number of esters is 1. The summed E-state index contributed by atoms with van der Waals surface area (Å²) in [7, 11) is 0. The second-order valence-electron chi connectivity index (χ2n) is 3.22. The Hall–Kier alpha value is -1.61. The van der Waals surface area contributed by atoms with E-state index in [4.69, 9.17) is 9.84 Å². The Labute approximate surface area is 103 Å². The molecule has 0 aliphatic heterocycles. The van der Waals surface area contributed by atoms with Crippen molar-refractivity contribution in [3.8, 4) is 0 Å². The first-order chi connectivity index (χ1) is 8.15. The molecule has 0 aliphatic carbocycles. The number of benzene rings is 1. The fourth-order valence-corrected chi connectivity index (χ4v) is 1.11. The summed E-state index contributed by atoms with van der Waals surface area (Å²) >= 11 is 0. The van der Waals surface area contributed by atoms with Crippen molar-refractivity contribution in [3.05, 3.63) is 42.0 Å². The average Bonchev–Trinajstić information content (AvgIpc) is 2.38. The second kappa shape index (κ2) is 8.53. The maximum absolute atomic E-state index is 11.3. The average molecular weight is 236 g/mol. The fourth-order valence-electron chi connectivity index (χ4n) is 1.11. The Balaban J connectivity index is 0.00000121. The van der Waals surface area contributed by atoms with Gasteiger partial charge in [-0.3, -0.25) is 0 Å². The molecule has 3 nitrogen and oxygen atoms in total. The number of aliphatic hydroxyl groups is 1. The maximum Gasteiger partial charge on any atom is 0.338 e. The number of rotatable bonds is 4. The summed E-state index contributed by atoms with van der Waals surface area (Å²) in [6.45, 7) is 9.57. The van der Waals surface area contributed by atoms with E-state index in [2.05, 4.69) is 6.58 Å². The molecular formula is C14H20O3. The van der Waals surface area contributed by atoms with Crippen molar-refractivity contribution in [2.75, 3.05) is 13.2 Å². The molecule has 0 heterocycles. The summed E-state index contributed by atoms with van der Waals surface area (Å²) in [4.78, 5) is 11.3. The molecular weight excluding hydrogens is 216 g/mol. The maximum atomic E-state index is 11.3. The number of allylic oxidation sites excluding steroid dienone is 1. The molecule has 94 valence electrons. The van der Waals surface area contributed by atoms with Gasteiger partial charge >= 0.3 is 5.97 Å². The molecule has 0 radical (unpaired) electrons. The van der Waals surface area contributed by atoms with Gasteiger partial charge in [-0.25, -0.2) is 4.79 Å². The number of hydrogen-bond acceptors (Lipinski definition) is 3. The van der Waals surface area contributed by atoms with Crippen LogP contribution in [0.5, 0.6) is 0 Å². The quantitative estimate of drug-likeness (QED) is 0.818. The van der Waals surface area contributed by atoms with E-state index in [0.717, 1.165) is 11.1 Å². The zero-order chi connectivity index (χ0) is 13.3. The lowest BCUT2D eigenvalue weighted by Gasteiger charge is -2.04. The van der Waals surface area contributed by atoms with Crippen LogP contribution in [0.2, 0.25) is 0 Å². The van der Waals surface area contributed by atoms with E-state index in [1.54, 1.807) is 12.1 Å². The van der Waals surface area contributed by atoms with Crippen LogP contribution in [0.25, 0.3) is 5.57 Å². The van der Waals surface area contributed by atoms with Crippen LogP contribution < -0.4 is 0 Å². The van der Waals surface area contributed by atoms with Gasteiger partial charge in [0.05, 0.1) is 12.2 Å². The van der Waals surface area contributed by atoms with E-state index >= 15 is 0 Å². The van der Waals surface area contributed by atoms with Crippen molar-refractivity contribution in [2.45, 2.75) is 20.8 Å². The summed E-state index contributed by atoms with van der Waals surface area (Å²) in [5.41, 5.74) is 2.42. The lowest BCUT2D eigenvalue weighted by Crippen LogP contribution is -2.08. The van der Waals surface area contributed by atoms with Gasteiger partial charge < -0.3 is 9.84 Å². The van der Waals surface area contributed by atoms with Crippen LogP contribution in [0.4, 0.5) is 0 Å². The molecule has 0 aromatic heterocycles. The van der Waals surface area contributed by atoms with Gasteiger partial charge in [-0.15, -0.1) is 0 Å². The third-order valence-corrected chi connectivity index (χ3v) is 1.94. The molecule has 0 spiro atoms. The minimum Gasteiger partial charge on any atom is -0.460 e. The van der Waals surface area contributed by atoms with Gasteiger partial charge in [0.25, 0.3) is 0 Å². The van der Waals surface area contributed by atoms with E-state index in [1.807, 2.05) is 32.9 Å². The van der Waals surface area contributed by atoms with Gasteiger partial charge in [0, 0.05) is 0 Å². The van der Waals surface area contributed by atoms with Crippen LogP contribution in [0.15, 0.2) is 30.8 Å². The molecule has 0 saturated carbocycles. The summed E-state index contributed by atoms with van der Waals surface area (Å²) in [5, 5.41) is 8.49. The highest BCUT2D eigenvalue weighted by atomic mass is 16.5.